The van der Waals surface area contributed by atoms with E-state index < -0.39 is 35.6 Å². The van der Waals surface area contributed by atoms with Gasteiger partial charge in [0.2, 0.25) is 11.8 Å². The third-order valence-corrected chi connectivity index (χ3v) is 8.67. The van der Waals surface area contributed by atoms with E-state index in [-0.39, 0.29) is 42.3 Å². The van der Waals surface area contributed by atoms with Crippen molar-refractivity contribution in [1.82, 2.24) is 16.1 Å². The van der Waals surface area contributed by atoms with Crippen molar-refractivity contribution in [3.63, 3.8) is 0 Å². The van der Waals surface area contributed by atoms with Crippen LogP contribution in [0.1, 0.15) is 73.6 Å². The molecule has 40 heavy (non-hydrogen) atoms. The quantitative estimate of drug-likeness (QED) is 0.0389. The average molecular weight is 561 g/mol. The lowest BCUT2D eigenvalue weighted by atomic mass is 9.43. The van der Waals surface area contributed by atoms with Crippen molar-refractivity contribution in [1.29, 1.82) is 0 Å². The number of aliphatic imine (C=N–C) groups is 1. The minimum Gasteiger partial charge on any atom is -0.404 e. The van der Waals surface area contributed by atoms with Gasteiger partial charge in [0, 0.05) is 12.6 Å². The number of amides is 2. The van der Waals surface area contributed by atoms with Crippen molar-refractivity contribution in [2.75, 3.05) is 6.54 Å². The zero-order valence-electron chi connectivity index (χ0n) is 24.5. The Labute approximate surface area is 237 Å². The molecule has 0 aromatic heterocycles. The average Bonchev–Trinajstić information content (AvgIpc) is 3.22. The Kier molecular flexibility index (Phi) is 10.4. The van der Waals surface area contributed by atoms with Crippen LogP contribution in [0.3, 0.4) is 0 Å². The van der Waals surface area contributed by atoms with E-state index in [1.165, 1.54) is 6.08 Å². The summed E-state index contributed by atoms with van der Waals surface area (Å²) in [5.74, 6) is -0.206. The molecule has 1 heterocycles. The van der Waals surface area contributed by atoms with Crippen molar-refractivity contribution in [2.24, 2.45) is 33.9 Å². The SMILES string of the molecule is CC=CC=CC(=O)N[C@@H](CCCN=C(N)N[N+](=O)[O-])C(=O)N[C@@H](CC(C)C)B1O[C@@H]2C[C@@H]3C[C@@H](C3(C)C)[C@]2(C)O1. The summed E-state index contributed by atoms with van der Waals surface area (Å²) in [5, 5.41) is 15.6. The maximum Gasteiger partial charge on any atom is 0.481 e. The van der Waals surface area contributed by atoms with Gasteiger partial charge in [-0.1, -0.05) is 51.3 Å². The lowest BCUT2D eigenvalue weighted by molar-refractivity contribution is -0.525. The monoisotopic (exact) mass is 560 g/mol. The molecule has 4 aliphatic rings. The second-order valence-corrected chi connectivity index (χ2v) is 12.3. The Bertz CT molecular complexity index is 1030. The summed E-state index contributed by atoms with van der Waals surface area (Å²) in [6, 6.07) is -0.858. The van der Waals surface area contributed by atoms with Crippen LogP contribution >= 0.6 is 0 Å². The molecule has 5 N–H and O–H groups in total. The van der Waals surface area contributed by atoms with Gasteiger partial charge in [0.05, 0.1) is 17.6 Å². The smallest absolute Gasteiger partial charge is 0.404 e. The highest BCUT2D eigenvalue weighted by Crippen LogP contribution is 2.65. The zero-order valence-corrected chi connectivity index (χ0v) is 24.5. The van der Waals surface area contributed by atoms with E-state index in [1.54, 1.807) is 23.7 Å². The molecule has 6 atom stereocenters. The molecule has 0 spiro atoms. The standard InChI is InChI=1S/C27H45BN6O6/c1-7-8-9-12-23(35)31-19(11-10-13-30-25(29)33-34(37)38)24(36)32-22(14-17(2)3)28-39-21-16-18-15-20(26(18,4)5)27(21,6)40-28/h7-9,12,17-22H,10-11,13-16H2,1-6H3,(H,31,35)(H,32,36)(H3,29,30,33)/t18-,19-,20-,21+,22-,27-/m0/s1. The van der Waals surface area contributed by atoms with Gasteiger partial charge in [0.15, 0.2) is 5.03 Å². The number of nitrogens with one attached hydrogen (secondary N) is 3. The molecular weight excluding hydrogens is 515 g/mol. The van der Waals surface area contributed by atoms with Crippen molar-refractivity contribution >= 4 is 24.9 Å². The molecule has 0 aromatic carbocycles. The Morgan fingerprint density at radius 1 is 1.23 bits per heavy atom. The molecule has 0 unspecified atom stereocenters. The van der Waals surface area contributed by atoms with Gasteiger partial charge in [-0.3, -0.25) is 9.59 Å². The number of hydrogen-bond donors (Lipinski definition) is 4. The molecule has 2 amide bonds. The van der Waals surface area contributed by atoms with Gasteiger partial charge in [-0.25, -0.2) is 15.1 Å². The molecule has 13 heteroatoms. The Morgan fingerprint density at radius 3 is 2.58 bits per heavy atom. The number of nitrogens with two attached hydrogens (primary N) is 1. The van der Waals surface area contributed by atoms with Crippen LogP contribution in [0.2, 0.25) is 0 Å². The van der Waals surface area contributed by atoms with Crippen molar-refractivity contribution in [3.05, 3.63) is 34.4 Å². The van der Waals surface area contributed by atoms with Gasteiger partial charge in [-0.15, -0.1) is 0 Å². The molecule has 12 nitrogen and oxygen atoms in total. The van der Waals surface area contributed by atoms with Gasteiger partial charge in [-0.2, -0.15) is 0 Å². The number of rotatable bonds is 13. The molecule has 0 aromatic rings. The summed E-state index contributed by atoms with van der Waals surface area (Å²) >= 11 is 0. The van der Waals surface area contributed by atoms with E-state index in [9.17, 15) is 19.7 Å². The summed E-state index contributed by atoms with van der Waals surface area (Å²) in [4.78, 5) is 40.5. The van der Waals surface area contributed by atoms with Crippen molar-refractivity contribution in [3.8, 4) is 0 Å². The molecule has 1 saturated heterocycles. The number of nitrogens with zero attached hydrogens (tertiary/aromatic N) is 2. The molecule has 0 radical (unpaired) electrons. The van der Waals surface area contributed by atoms with E-state index in [0.717, 1.165) is 12.8 Å². The third kappa shape index (κ3) is 7.42. The molecular formula is C27H45BN6O6. The predicted octanol–water partition coefficient (Wildman–Crippen LogP) is 2.28. The fourth-order valence-corrected chi connectivity index (χ4v) is 6.47. The lowest BCUT2D eigenvalue weighted by Crippen LogP contribution is -2.65. The van der Waals surface area contributed by atoms with Crippen LogP contribution in [0.4, 0.5) is 0 Å². The summed E-state index contributed by atoms with van der Waals surface area (Å²) in [7, 11) is -0.583. The summed E-state index contributed by atoms with van der Waals surface area (Å²) < 4.78 is 13.1. The van der Waals surface area contributed by atoms with Crippen LogP contribution in [0.15, 0.2) is 29.3 Å². The largest absolute Gasteiger partial charge is 0.481 e. The van der Waals surface area contributed by atoms with Gasteiger partial charge in [0.25, 0.3) is 5.96 Å². The van der Waals surface area contributed by atoms with E-state index >= 15 is 0 Å². The normalized spacial score (nSPS) is 28.7. The highest BCUT2D eigenvalue weighted by atomic mass is 16.7. The Morgan fingerprint density at radius 2 is 1.95 bits per heavy atom. The molecule has 3 saturated carbocycles. The highest BCUT2D eigenvalue weighted by Gasteiger charge is 2.68. The predicted molar refractivity (Wildman–Crippen MR) is 153 cm³/mol. The number of allylic oxidation sites excluding steroid dienone is 3. The van der Waals surface area contributed by atoms with Gasteiger partial charge < -0.3 is 25.7 Å². The van der Waals surface area contributed by atoms with Crippen LogP contribution in [0.25, 0.3) is 0 Å². The Hall–Kier alpha value is -2.93. The lowest BCUT2D eigenvalue weighted by Gasteiger charge is -2.64. The van der Waals surface area contributed by atoms with Gasteiger partial charge in [-0.05, 0) is 69.1 Å². The summed E-state index contributed by atoms with van der Waals surface area (Å²) in [5.41, 5.74) is 7.07. The van der Waals surface area contributed by atoms with Crippen molar-refractivity contribution in [2.45, 2.75) is 97.3 Å². The molecule has 2 bridgehead atoms. The van der Waals surface area contributed by atoms with Crippen LogP contribution in [0.5, 0.6) is 0 Å². The third-order valence-electron chi connectivity index (χ3n) is 8.67. The van der Waals surface area contributed by atoms with Crippen LogP contribution in [-0.4, -0.2) is 60.2 Å². The summed E-state index contributed by atoms with van der Waals surface area (Å²) in [6.45, 7) is 12.9. The van der Waals surface area contributed by atoms with E-state index in [1.807, 2.05) is 6.92 Å². The molecule has 3 aliphatic carbocycles. The number of hydrogen-bond acceptors (Lipinski definition) is 7. The second kappa shape index (κ2) is 13.2. The highest BCUT2D eigenvalue weighted by molar-refractivity contribution is 6.48. The van der Waals surface area contributed by atoms with Crippen LogP contribution in [0, 0.1) is 33.3 Å². The maximum absolute atomic E-state index is 13.6. The fourth-order valence-electron chi connectivity index (χ4n) is 6.47. The fraction of sp³-hybridized carbons (Fsp3) is 0.741. The van der Waals surface area contributed by atoms with E-state index in [0.29, 0.717) is 24.7 Å². The first-order valence-electron chi connectivity index (χ1n) is 14.2. The first-order chi connectivity index (χ1) is 18.8. The molecule has 1 aliphatic heterocycles. The topological polar surface area (TPSA) is 170 Å². The minimum absolute atomic E-state index is 0.0100. The number of nitro groups is 1. The number of carbonyl (C=O) groups is 2. The minimum atomic E-state index is -0.858. The second-order valence-electron chi connectivity index (χ2n) is 12.3. The molecule has 4 rings (SSSR count). The molecule has 222 valence electrons. The van der Waals surface area contributed by atoms with E-state index in [2.05, 4.69) is 50.2 Å². The Balaban J connectivity index is 1.70. The van der Waals surface area contributed by atoms with E-state index in [4.69, 9.17) is 15.0 Å². The maximum atomic E-state index is 13.6. The van der Waals surface area contributed by atoms with Crippen molar-refractivity contribution < 1.29 is 23.9 Å². The van der Waals surface area contributed by atoms with Crippen LogP contribution in [-0.2, 0) is 18.9 Å². The van der Waals surface area contributed by atoms with Gasteiger partial charge in [0.1, 0.15) is 6.04 Å². The summed E-state index contributed by atoms with van der Waals surface area (Å²) in [6.07, 6.45) is 9.78. The zero-order chi connectivity index (χ0) is 29.7. The number of hydrazine groups is 1. The van der Waals surface area contributed by atoms with Gasteiger partial charge >= 0.3 is 7.12 Å². The molecule has 4 fully saturated rings. The number of carbonyl (C=O) groups excluding carboxylic acids is 2. The first-order valence-corrected chi connectivity index (χ1v) is 14.2. The number of guanidine groups is 1. The van der Waals surface area contributed by atoms with Crippen LogP contribution < -0.4 is 21.8 Å². The first kappa shape index (κ1) is 31.6.